The second-order valence-corrected chi connectivity index (χ2v) is 11.7. The summed E-state index contributed by atoms with van der Waals surface area (Å²) < 4.78 is 5.05. The summed E-state index contributed by atoms with van der Waals surface area (Å²) in [5.74, 6) is -1.94. The van der Waals surface area contributed by atoms with Gasteiger partial charge in [0.05, 0.1) is 18.5 Å². The van der Waals surface area contributed by atoms with Gasteiger partial charge in [-0.3, -0.25) is 9.59 Å². The number of para-hydroxylation sites is 2. The standard InChI is InChI=1S/C35H37N3O4S/c1-4-6-22-37-27-20-14-15-21-28(27)38(23-7-5-2)35(37)31(32(40)25-16-10-8-11-17-25)29(24-30(39)42-3)43-34(35)36-33(41)26-18-12-9-13-19-26/h8-21,24,31H,4-7,22-23H2,1-3H3/b29-24-,36-34?. The Morgan fingerprint density at radius 1 is 0.814 bits per heavy atom. The van der Waals surface area contributed by atoms with E-state index in [4.69, 9.17) is 9.73 Å². The van der Waals surface area contributed by atoms with Crippen molar-refractivity contribution in [1.82, 2.24) is 0 Å². The summed E-state index contributed by atoms with van der Waals surface area (Å²) in [4.78, 5) is 51.2. The maximum absolute atomic E-state index is 14.8. The van der Waals surface area contributed by atoms with E-state index in [1.807, 2.05) is 48.5 Å². The van der Waals surface area contributed by atoms with Crippen LogP contribution in [0.25, 0.3) is 0 Å². The van der Waals surface area contributed by atoms with Gasteiger partial charge in [-0.1, -0.05) is 99.1 Å². The van der Waals surface area contributed by atoms with Crippen LogP contribution in [-0.2, 0) is 9.53 Å². The summed E-state index contributed by atoms with van der Waals surface area (Å²) >= 11 is 1.23. The zero-order chi connectivity index (χ0) is 30.4. The Labute approximate surface area is 257 Å². The van der Waals surface area contributed by atoms with E-state index in [1.165, 1.54) is 24.9 Å². The number of nitrogens with zero attached hydrogens (tertiary/aromatic N) is 3. The van der Waals surface area contributed by atoms with Crippen molar-refractivity contribution in [2.75, 3.05) is 30.0 Å². The summed E-state index contributed by atoms with van der Waals surface area (Å²) in [5.41, 5.74) is 1.80. The molecule has 1 unspecified atom stereocenters. The number of ether oxygens (including phenoxy) is 1. The van der Waals surface area contributed by atoms with Crippen molar-refractivity contribution < 1.29 is 19.1 Å². The van der Waals surface area contributed by atoms with Gasteiger partial charge >= 0.3 is 5.97 Å². The lowest BCUT2D eigenvalue weighted by molar-refractivity contribution is -0.134. The van der Waals surface area contributed by atoms with Crippen LogP contribution in [0.4, 0.5) is 11.4 Å². The number of thioether (sulfide) groups is 1. The normalized spacial score (nSPS) is 18.8. The van der Waals surface area contributed by atoms with Gasteiger partial charge in [0.1, 0.15) is 11.0 Å². The van der Waals surface area contributed by atoms with E-state index in [2.05, 4.69) is 35.8 Å². The minimum atomic E-state index is -1.16. The third-order valence-electron chi connectivity index (χ3n) is 7.98. The first-order valence-corrected chi connectivity index (χ1v) is 15.7. The fourth-order valence-electron chi connectivity index (χ4n) is 5.97. The molecule has 43 heavy (non-hydrogen) atoms. The summed E-state index contributed by atoms with van der Waals surface area (Å²) in [5, 5.41) is 0.481. The molecule has 222 valence electrons. The quantitative estimate of drug-likeness (QED) is 0.140. The zero-order valence-corrected chi connectivity index (χ0v) is 25.7. The van der Waals surface area contributed by atoms with Crippen molar-refractivity contribution in [2.45, 2.75) is 45.2 Å². The van der Waals surface area contributed by atoms with Gasteiger partial charge in [-0.2, -0.15) is 0 Å². The van der Waals surface area contributed by atoms with Crippen LogP contribution in [-0.4, -0.2) is 48.6 Å². The summed E-state index contributed by atoms with van der Waals surface area (Å²) in [6.45, 7) is 5.55. The van der Waals surface area contributed by atoms with E-state index < -0.39 is 23.5 Å². The molecule has 1 fully saturated rings. The Morgan fingerprint density at radius 2 is 1.33 bits per heavy atom. The topological polar surface area (TPSA) is 79.3 Å². The van der Waals surface area contributed by atoms with Crippen molar-refractivity contribution in [2.24, 2.45) is 10.9 Å². The molecule has 1 amide bonds. The van der Waals surface area contributed by atoms with E-state index in [1.54, 1.807) is 24.3 Å². The third-order valence-corrected chi connectivity index (χ3v) is 9.15. The number of hydrogen-bond acceptors (Lipinski definition) is 7. The van der Waals surface area contributed by atoms with E-state index >= 15 is 0 Å². The molecular formula is C35H37N3O4S. The molecule has 7 nitrogen and oxygen atoms in total. The second kappa shape index (κ2) is 13.4. The lowest BCUT2D eigenvalue weighted by Gasteiger charge is -2.46. The highest BCUT2D eigenvalue weighted by atomic mass is 32.2. The SMILES string of the molecule is CCCCN1c2ccccc2N(CCCC)C12C(=NC(=O)c1ccccc1)S/C(=C\C(=O)OC)C2C(=O)c1ccccc1. The van der Waals surface area contributed by atoms with Crippen molar-refractivity contribution in [1.29, 1.82) is 0 Å². The van der Waals surface area contributed by atoms with Crippen molar-refractivity contribution >= 4 is 45.8 Å². The molecule has 5 rings (SSSR count). The third kappa shape index (κ3) is 5.64. The van der Waals surface area contributed by atoms with Gasteiger partial charge in [0, 0.05) is 35.2 Å². The molecule has 0 N–H and O–H groups in total. The number of anilines is 2. The summed E-state index contributed by atoms with van der Waals surface area (Å²) in [7, 11) is 1.32. The Hall–Kier alpha value is -4.17. The van der Waals surface area contributed by atoms with Gasteiger partial charge in [-0.25, -0.2) is 9.79 Å². The van der Waals surface area contributed by atoms with Crippen LogP contribution in [0.2, 0.25) is 0 Å². The van der Waals surface area contributed by atoms with Crippen molar-refractivity contribution in [3.8, 4) is 0 Å². The largest absolute Gasteiger partial charge is 0.466 e. The molecule has 3 aromatic carbocycles. The number of carbonyl (C=O) groups excluding carboxylic acids is 3. The molecule has 2 aliphatic heterocycles. The lowest BCUT2D eigenvalue weighted by Crippen LogP contribution is -2.66. The fraction of sp³-hybridized carbons (Fsp3) is 0.314. The number of esters is 1. The first-order chi connectivity index (χ1) is 21.0. The van der Waals surface area contributed by atoms with Crippen LogP contribution in [0.5, 0.6) is 0 Å². The maximum atomic E-state index is 14.8. The predicted molar refractivity (Wildman–Crippen MR) is 174 cm³/mol. The number of ketones is 1. The number of rotatable bonds is 10. The van der Waals surface area contributed by atoms with Gasteiger partial charge in [-0.15, -0.1) is 0 Å². The number of hydrogen-bond donors (Lipinski definition) is 0. The minimum absolute atomic E-state index is 0.142. The van der Waals surface area contributed by atoms with Crippen LogP contribution < -0.4 is 9.80 Å². The van der Waals surface area contributed by atoms with Gasteiger partial charge in [-0.05, 0) is 37.1 Å². The van der Waals surface area contributed by atoms with Crippen LogP contribution in [0.1, 0.15) is 60.2 Å². The second-order valence-electron chi connectivity index (χ2n) is 10.6. The molecule has 0 saturated carbocycles. The molecule has 0 radical (unpaired) electrons. The van der Waals surface area contributed by atoms with Crippen LogP contribution in [0.3, 0.4) is 0 Å². The Bertz CT molecular complexity index is 1500. The van der Waals surface area contributed by atoms with E-state index in [-0.39, 0.29) is 5.78 Å². The molecule has 3 aromatic rings. The molecule has 1 spiro atoms. The molecule has 0 aliphatic carbocycles. The van der Waals surface area contributed by atoms with Gasteiger partial charge in [0.25, 0.3) is 5.91 Å². The van der Waals surface area contributed by atoms with E-state index in [9.17, 15) is 14.4 Å². The molecule has 2 aliphatic rings. The van der Waals surface area contributed by atoms with Gasteiger partial charge in [0.2, 0.25) is 0 Å². The molecule has 1 saturated heterocycles. The Kier molecular flexibility index (Phi) is 9.46. The number of carbonyl (C=O) groups is 3. The number of amides is 1. The number of Topliss-reactive ketones (excluding diaryl/α,β-unsaturated/α-hetero) is 1. The van der Waals surface area contributed by atoms with Gasteiger partial charge < -0.3 is 14.5 Å². The highest BCUT2D eigenvalue weighted by Crippen LogP contribution is 2.59. The molecular weight excluding hydrogens is 558 g/mol. The number of unbranched alkanes of at least 4 members (excludes halogenated alkanes) is 2. The molecule has 8 heteroatoms. The fourth-order valence-corrected chi connectivity index (χ4v) is 7.35. The van der Waals surface area contributed by atoms with Crippen LogP contribution in [0.15, 0.2) is 101 Å². The zero-order valence-electron chi connectivity index (χ0n) is 24.9. The lowest BCUT2D eigenvalue weighted by atomic mass is 9.83. The monoisotopic (exact) mass is 595 g/mol. The predicted octanol–water partition coefficient (Wildman–Crippen LogP) is 7.15. The van der Waals surface area contributed by atoms with Gasteiger partial charge in [0.15, 0.2) is 11.4 Å². The van der Waals surface area contributed by atoms with Crippen molar-refractivity contribution in [3.63, 3.8) is 0 Å². The average molecular weight is 596 g/mol. The van der Waals surface area contributed by atoms with Crippen LogP contribution in [0, 0.1) is 5.92 Å². The average Bonchev–Trinajstić information content (AvgIpc) is 3.50. The first kappa shape index (κ1) is 30.3. The number of fused-ring (bicyclic) bond motifs is 1. The maximum Gasteiger partial charge on any atom is 0.331 e. The molecule has 0 aromatic heterocycles. The Morgan fingerprint density at radius 3 is 1.84 bits per heavy atom. The first-order valence-electron chi connectivity index (χ1n) is 14.9. The molecule has 0 bridgehead atoms. The smallest absolute Gasteiger partial charge is 0.331 e. The number of aliphatic imine (C=N–C) groups is 1. The Balaban J connectivity index is 1.84. The highest BCUT2D eigenvalue weighted by molar-refractivity contribution is 8.18. The number of benzene rings is 3. The minimum Gasteiger partial charge on any atom is -0.466 e. The summed E-state index contributed by atoms with van der Waals surface area (Å²) in [6.07, 6.45) is 5.00. The van der Waals surface area contributed by atoms with E-state index in [0.717, 1.165) is 37.1 Å². The summed E-state index contributed by atoms with van der Waals surface area (Å²) in [6, 6.07) is 26.3. The molecule has 2 heterocycles. The van der Waals surface area contributed by atoms with Crippen LogP contribution >= 0.6 is 11.8 Å². The van der Waals surface area contributed by atoms with Crippen molar-refractivity contribution in [3.05, 3.63) is 107 Å². The highest BCUT2D eigenvalue weighted by Gasteiger charge is 2.65. The number of methoxy groups -OCH3 is 1. The van der Waals surface area contributed by atoms with E-state index in [0.29, 0.717) is 34.2 Å². The molecule has 1 atom stereocenters.